The molecule has 2 aliphatic rings. The van der Waals surface area contributed by atoms with Crippen LogP contribution >= 0.6 is 46.8 Å². The molecule has 1 unspecified atom stereocenters. The van der Waals surface area contributed by atoms with E-state index in [-0.39, 0.29) is 41.2 Å². The number of nitrogen functional groups attached to an aromatic ring is 1. The van der Waals surface area contributed by atoms with E-state index in [1.165, 1.54) is 34.1 Å². The van der Waals surface area contributed by atoms with E-state index >= 15 is 0 Å². The lowest BCUT2D eigenvalue weighted by atomic mass is 10.0. The van der Waals surface area contributed by atoms with Gasteiger partial charge in [-0.15, -0.1) is 46.8 Å². The number of oxime groups is 1. The average molecular weight is 517 g/mol. The van der Waals surface area contributed by atoms with E-state index in [9.17, 15) is 19.5 Å². The van der Waals surface area contributed by atoms with Gasteiger partial charge in [-0.3, -0.25) is 14.5 Å². The smallest absolute Gasteiger partial charge is 0.352 e. The Kier molecular flexibility index (Phi) is 7.38. The van der Waals surface area contributed by atoms with Gasteiger partial charge in [-0.25, -0.2) is 14.8 Å². The first-order chi connectivity index (χ1) is 14.8. The third-order valence-corrected chi connectivity index (χ3v) is 7.05. The zero-order chi connectivity index (χ0) is 22.1. The highest BCUT2D eigenvalue weighted by atomic mass is 35.5. The van der Waals surface area contributed by atoms with Gasteiger partial charge in [0, 0.05) is 16.5 Å². The van der Waals surface area contributed by atoms with Crippen molar-refractivity contribution in [1.82, 2.24) is 20.2 Å². The maximum Gasteiger partial charge on any atom is 0.352 e. The van der Waals surface area contributed by atoms with Crippen molar-refractivity contribution in [2.45, 2.75) is 24.9 Å². The van der Waals surface area contributed by atoms with E-state index in [1.807, 2.05) is 12.3 Å². The topological polar surface area (TPSA) is 160 Å². The van der Waals surface area contributed by atoms with E-state index in [0.717, 1.165) is 16.3 Å². The molecule has 15 heteroatoms. The second kappa shape index (κ2) is 9.85. The van der Waals surface area contributed by atoms with Gasteiger partial charge in [0.05, 0.1) is 10.7 Å². The van der Waals surface area contributed by atoms with E-state index in [4.69, 9.17) is 10.6 Å². The van der Waals surface area contributed by atoms with Gasteiger partial charge in [-0.05, 0) is 13.0 Å². The molecule has 1 fully saturated rings. The third kappa shape index (κ3) is 4.72. The number of β-lactam (4-membered cyclic amide) rings is 1. The summed E-state index contributed by atoms with van der Waals surface area (Å²) in [6, 6.07) is -0.886. The van der Waals surface area contributed by atoms with E-state index < -0.39 is 29.2 Å². The van der Waals surface area contributed by atoms with Crippen LogP contribution in [0.5, 0.6) is 0 Å². The van der Waals surface area contributed by atoms with Crippen molar-refractivity contribution in [3.05, 3.63) is 38.9 Å². The zero-order valence-corrected chi connectivity index (χ0v) is 19.6. The molecule has 1 saturated heterocycles. The second-order valence-corrected chi connectivity index (χ2v) is 9.52. The summed E-state index contributed by atoms with van der Waals surface area (Å²) >= 11 is 3.95. The fourth-order valence-electron chi connectivity index (χ4n) is 2.99. The van der Waals surface area contributed by atoms with Crippen LogP contribution in [0, 0.1) is 6.92 Å². The number of fused-ring (bicyclic) bond motifs is 1. The van der Waals surface area contributed by atoms with Gasteiger partial charge in [-0.1, -0.05) is 5.16 Å². The van der Waals surface area contributed by atoms with Gasteiger partial charge < -0.3 is 21.0 Å². The van der Waals surface area contributed by atoms with E-state index in [0.29, 0.717) is 11.4 Å². The molecule has 0 spiro atoms. The Morgan fingerprint density at radius 2 is 2.16 bits per heavy atom. The van der Waals surface area contributed by atoms with E-state index in [1.54, 1.807) is 5.38 Å². The van der Waals surface area contributed by atoms with Crippen LogP contribution in [0.3, 0.4) is 0 Å². The molecule has 2 aromatic rings. The number of hydrogen-bond donors (Lipinski definition) is 3. The van der Waals surface area contributed by atoms with Gasteiger partial charge in [-0.2, -0.15) is 0 Å². The van der Waals surface area contributed by atoms with Gasteiger partial charge >= 0.3 is 5.97 Å². The van der Waals surface area contributed by atoms with Crippen LogP contribution in [0.2, 0.25) is 0 Å². The molecule has 0 saturated carbocycles. The number of carboxylic acids is 1. The number of hydrogen-bond acceptors (Lipinski definition) is 11. The van der Waals surface area contributed by atoms with Crippen molar-refractivity contribution in [3.63, 3.8) is 0 Å². The van der Waals surface area contributed by atoms with Crippen molar-refractivity contribution in [1.29, 1.82) is 0 Å². The molecule has 11 nitrogen and oxygen atoms in total. The lowest BCUT2D eigenvalue weighted by Gasteiger charge is -2.48. The Bertz CT molecular complexity index is 1120. The number of aromatic nitrogens is 2. The standard InChI is InChI=1S/C17H16N6O5S3.ClH/c1-7-19-8(5-30-7)4-28-22-11(9-6-31-17(18)20-9)13(24)21-12-14(25)23-10(16(26)27)2-3-29-15(12)23;/h2,5-6,12,15H,3-4H2,1H3,(H2,18,20)(H,21,24)(H,26,27);1H/b22-11+;/t12?,15-;/m1./s1. The van der Waals surface area contributed by atoms with Crippen LogP contribution in [0.1, 0.15) is 16.4 Å². The molecule has 4 N–H and O–H groups in total. The van der Waals surface area contributed by atoms with Crippen LogP contribution in [0.25, 0.3) is 0 Å². The normalized spacial score (nSPS) is 19.9. The molecule has 2 atom stereocenters. The molecular formula is C17H17ClN6O5S3. The number of thiazole rings is 2. The molecule has 2 aromatic heterocycles. The number of carbonyl (C=O) groups is 3. The lowest BCUT2D eigenvalue weighted by Crippen LogP contribution is -2.70. The van der Waals surface area contributed by atoms with Gasteiger partial charge in [0.25, 0.3) is 11.8 Å². The largest absolute Gasteiger partial charge is 0.477 e. The Morgan fingerprint density at radius 1 is 1.38 bits per heavy atom. The molecule has 0 aliphatic carbocycles. The summed E-state index contributed by atoms with van der Waals surface area (Å²) in [7, 11) is 0. The number of nitrogens with one attached hydrogen (secondary N) is 1. The average Bonchev–Trinajstić information content (AvgIpc) is 3.36. The molecule has 32 heavy (non-hydrogen) atoms. The maximum atomic E-state index is 12.9. The van der Waals surface area contributed by atoms with Crippen LogP contribution in [-0.2, 0) is 25.8 Å². The van der Waals surface area contributed by atoms with Crippen molar-refractivity contribution in [3.8, 4) is 0 Å². The van der Waals surface area contributed by atoms with Gasteiger partial charge in [0.1, 0.15) is 22.8 Å². The highest BCUT2D eigenvalue weighted by Gasteiger charge is 2.53. The number of aliphatic carboxylic acids is 1. The summed E-state index contributed by atoms with van der Waals surface area (Å²) in [5.74, 6) is -1.95. The molecule has 2 aliphatic heterocycles. The number of amides is 2. The molecule has 0 aromatic carbocycles. The fourth-order valence-corrected chi connectivity index (χ4v) is 5.33. The number of aryl methyl sites for hydroxylation is 1. The number of thioether (sulfide) groups is 1. The number of anilines is 1. The van der Waals surface area contributed by atoms with Crippen LogP contribution in [-0.4, -0.2) is 60.6 Å². The predicted molar refractivity (Wildman–Crippen MR) is 123 cm³/mol. The monoisotopic (exact) mass is 516 g/mol. The first-order valence-corrected chi connectivity index (χ1v) is 11.7. The Hall–Kier alpha value is -2.68. The number of halogens is 1. The molecule has 4 heterocycles. The highest BCUT2D eigenvalue weighted by molar-refractivity contribution is 8.00. The minimum Gasteiger partial charge on any atom is -0.477 e. The number of carbonyl (C=O) groups excluding carboxylic acids is 2. The lowest BCUT2D eigenvalue weighted by molar-refractivity contribution is -0.150. The number of nitrogens with two attached hydrogens (primary N) is 1. The molecule has 170 valence electrons. The van der Waals surface area contributed by atoms with Gasteiger partial charge in [0.15, 0.2) is 17.5 Å². The van der Waals surface area contributed by atoms with Crippen molar-refractivity contribution in [2.24, 2.45) is 5.16 Å². The summed E-state index contributed by atoms with van der Waals surface area (Å²) < 4.78 is 0. The molecule has 4 rings (SSSR count). The van der Waals surface area contributed by atoms with Crippen LogP contribution < -0.4 is 11.1 Å². The van der Waals surface area contributed by atoms with Crippen LogP contribution in [0.4, 0.5) is 5.13 Å². The first-order valence-electron chi connectivity index (χ1n) is 8.86. The van der Waals surface area contributed by atoms with Crippen molar-refractivity contribution >= 4 is 75.5 Å². The Labute approximate surface area is 200 Å². The first kappa shape index (κ1) is 24.0. The Balaban J connectivity index is 0.00000289. The number of nitrogens with zero attached hydrogens (tertiary/aromatic N) is 4. The quantitative estimate of drug-likeness (QED) is 0.279. The predicted octanol–water partition coefficient (Wildman–Crippen LogP) is 1.20. The summed E-state index contributed by atoms with van der Waals surface area (Å²) in [5, 5.41) is 19.8. The van der Waals surface area contributed by atoms with Crippen molar-refractivity contribution < 1.29 is 24.3 Å². The van der Waals surface area contributed by atoms with E-state index in [2.05, 4.69) is 20.4 Å². The number of rotatable bonds is 7. The third-order valence-electron chi connectivity index (χ3n) is 4.37. The Morgan fingerprint density at radius 3 is 2.78 bits per heavy atom. The zero-order valence-electron chi connectivity index (χ0n) is 16.4. The molecule has 2 amide bonds. The SMILES string of the molecule is Cc1nc(CO/N=C(/C(=O)NC2C(=O)N3C(C(=O)O)=CCS[C@H]23)c2csc(N)n2)cs1.Cl. The van der Waals surface area contributed by atoms with Gasteiger partial charge in [0.2, 0.25) is 0 Å². The summed E-state index contributed by atoms with van der Waals surface area (Å²) in [6.07, 6.45) is 1.47. The second-order valence-electron chi connectivity index (χ2n) is 6.42. The molecule has 0 radical (unpaired) electrons. The van der Waals surface area contributed by atoms with Crippen LogP contribution in [0.15, 0.2) is 27.7 Å². The highest BCUT2D eigenvalue weighted by Crippen LogP contribution is 2.37. The number of carboxylic acid groups (broad SMARTS) is 1. The summed E-state index contributed by atoms with van der Waals surface area (Å²) in [6.45, 7) is 1.92. The fraction of sp³-hybridized carbons (Fsp3) is 0.294. The summed E-state index contributed by atoms with van der Waals surface area (Å²) in [4.78, 5) is 51.5. The minimum atomic E-state index is -1.19. The minimum absolute atomic E-state index is 0. The summed E-state index contributed by atoms with van der Waals surface area (Å²) in [5.41, 5.74) is 6.33. The molecule has 0 bridgehead atoms. The molecular weight excluding hydrogens is 500 g/mol. The maximum absolute atomic E-state index is 12.9. The van der Waals surface area contributed by atoms with Crippen molar-refractivity contribution in [2.75, 3.05) is 11.5 Å².